The predicted octanol–water partition coefficient (Wildman–Crippen LogP) is 2.54. The molecule has 1 amide bonds. The quantitative estimate of drug-likeness (QED) is 0.852. The van der Waals surface area contributed by atoms with Gasteiger partial charge in [-0.3, -0.25) is 4.79 Å². The largest absolute Gasteiger partial charge is 0.381 e. The molecule has 2 fully saturated rings. The Bertz CT molecular complexity index is 549. The number of aryl methyl sites for hydroxylation is 1. The van der Waals surface area contributed by atoms with Crippen molar-refractivity contribution in [3.63, 3.8) is 0 Å². The maximum Gasteiger partial charge on any atom is 0.232 e. The maximum atomic E-state index is 12.6. The molecule has 0 aliphatic carbocycles. The lowest BCUT2D eigenvalue weighted by Crippen LogP contribution is -2.37. The van der Waals surface area contributed by atoms with Crippen LogP contribution < -0.4 is 0 Å². The van der Waals surface area contributed by atoms with E-state index in [2.05, 4.69) is 24.0 Å². The number of rotatable bonds is 4. The van der Waals surface area contributed by atoms with Crippen molar-refractivity contribution in [2.45, 2.75) is 52.4 Å². The van der Waals surface area contributed by atoms with Crippen LogP contribution in [-0.4, -0.2) is 47.3 Å². The molecule has 0 N–H and O–H groups in total. The van der Waals surface area contributed by atoms with Crippen LogP contribution in [0.1, 0.15) is 57.2 Å². The summed E-state index contributed by atoms with van der Waals surface area (Å²) in [5.74, 6) is 2.28. The standard InChI is InChI=1S/C17H27N3O3/c1-12(2)4-5-15(21)20-10-14(16-18-13(3)19-23-16)17(11-20)6-8-22-9-7-17/h12,14H,4-11H2,1-3H3/t14-/m1/s1. The molecule has 0 unspecified atom stereocenters. The second kappa shape index (κ2) is 6.59. The minimum Gasteiger partial charge on any atom is -0.381 e. The zero-order chi connectivity index (χ0) is 16.4. The first-order valence-corrected chi connectivity index (χ1v) is 8.66. The molecule has 1 atom stereocenters. The van der Waals surface area contributed by atoms with E-state index < -0.39 is 0 Å². The van der Waals surface area contributed by atoms with Crippen LogP contribution in [0.25, 0.3) is 0 Å². The van der Waals surface area contributed by atoms with E-state index in [1.54, 1.807) is 0 Å². The zero-order valence-electron chi connectivity index (χ0n) is 14.4. The third-order valence-electron chi connectivity index (χ3n) is 5.27. The van der Waals surface area contributed by atoms with E-state index in [1.807, 2.05) is 11.8 Å². The molecule has 0 aromatic carbocycles. The van der Waals surface area contributed by atoms with E-state index in [0.717, 1.165) is 39.0 Å². The Morgan fingerprint density at radius 2 is 2.13 bits per heavy atom. The Kier molecular flexibility index (Phi) is 4.71. The molecule has 3 rings (SSSR count). The summed E-state index contributed by atoms with van der Waals surface area (Å²) in [7, 11) is 0. The highest BCUT2D eigenvalue weighted by atomic mass is 16.5. The van der Waals surface area contributed by atoms with Crippen molar-refractivity contribution in [2.75, 3.05) is 26.3 Å². The number of likely N-dealkylation sites (tertiary alicyclic amines) is 1. The van der Waals surface area contributed by atoms with Crippen LogP contribution in [-0.2, 0) is 9.53 Å². The van der Waals surface area contributed by atoms with E-state index >= 15 is 0 Å². The number of ether oxygens (including phenoxy) is 1. The second-order valence-electron chi connectivity index (χ2n) is 7.41. The van der Waals surface area contributed by atoms with Crippen LogP contribution in [0.15, 0.2) is 4.52 Å². The van der Waals surface area contributed by atoms with Crippen LogP contribution in [0.5, 0.6) is 0 Å². The summed E-state index contributed by atoms with van der Waals surface area (Å²) in [4.78, 5) is 19.1. The van der Waals surface area contributed by atoms with Crippen molar-refractivity contribution in [2.24, 2.45) is 11.3 Å². The molecule has 6 heteroatoms. The third-order valence-corrected chi connectivity index (χ3v) is 5.27. The molecule has 0 saturated carbocycles. The average Bonchev–Trinajstić information content (AvgIpc) is 3.10. The molecule has 1 aromatic heterocycles. The lowest BCUT2D eigenvalue weighted by atomic mass is 9.72. The van der Waals surface area contributed by atoms with Gasteiger partial charge in [0.15, 0.2) is 5.82 Å². The van der Waals surface area contributed by atoms with E-state index in [4.69, 9.17) is 9.26 Å². The van der Waals surface area contributed by atoms with Gasteiger partial charge in [-0.05, 0) is 32.1 Å². The van der Waals surface area contributed by atoms with E-state index in [9.17, 15) is 4.79 Å². The Hall–Kier alpha value is -1.43. The van der Waals surface area contributed by atoms with Crippen molar-refractivity contribution in [1.82, 2.24) is 15.0 Å². The molecule has 2 aliphatic heterocycles. The lowest BCUT2D eigenvalue weighted by molar-refractivity contribution is -0.131. The number of carbonyl (C=O) groups excluding carboxylic acids is 1. The predicted molar refractivity (Wildman–Crippen MR) is 84.9 cm³/mol. The molecular weight excluding hydrogens is 294 g/mol. The van der Waals surface area contributed by atoms with Crippen LogP contribution >= 0.6 is 0 Å². The van der Waals surface area contributed by atoms with Gasteiger partial charge in [-0.2, -0.15) is 4.98 Å². The highest BCUT2D eigenvalue weighted by molar-refractivity contribution is 5.76. The van der Waals surface area contributed by atoms with Gasteiger partial charge in [-0.25, -0.2) is 0 Å². The highest BCUT2D eigenvalue weighted by Gasteiger charge is 2.51. The monoisotopic (exact) mass is 321 g/mol. The van der Waals surface area contributed by atoms with Crippen LogP contribution in [0, 0.1) is 18.3 Å². The molecule has 6 nitrogen and oxygen atoms in total. The van der Waals surface area contributed by atoms with Gasteiger partial charge in [0.25, 0.3) is 0 Å². The van der Waals surface area contributed by atoms with Crippen molar-refractivity contribution in [1.29, 1.82) is 0 Å². The molecule has 23 heavy (non-hydrogen) atoms. The van der Waals surface area contributed by atoms with E-state index in [1.165, 1.54) is 0 Å². The van der Waals surface area contributed by atoms with Crippen LogP contribution in [0.2, 0.25) is 0 Å². The number of hydrogen-bond donors (Lipinski definition) is 0. The van der Waals surface area contributed by atoms with Crippen molar-refractivity contribution in [3.05, 3.63) is 11.7 Å². The van der Waals surface area contributed by atoms with E-state index in [0.29, 0.717) is 30.6 Å². The van der Waals surface area contributed by atoms with Gasteiger partial charge < -0.3 is 14.2 Å². The number of aromatic nitrogens is 2. The van der Waals surface area contributed by atoms with Gasteiger partial charge in [0.05, 0.1) is 5.92 Å². The smallest absolute Gasteiger partial charge is 0.232 e. The normalized spacial score (nSPS) is 23.8. The summed E-state index contributed by atoms with van der Waals surface area (Å²) in [6.45, 7) is 9.12. The minimum atomic E-state index is 0.0325. The van der Waals surface area contributed by atoms with Gasteiger partial charge in [-0.15, -0.1) is 0 Å². The number of hydrogen-bond acceptors (Lipinski definition) is 5. The fourth-order valence-corrected chi connectivity index (χ4v) is 3.81. The maximum absolute atomic E-state index is 12.6. The number of carbonyl (C=O) groups is 1. The zero-order valence-corrected chi connectivity index (χ0v) is 14.4. The molecule has 2 saturated heterocycles. The van der Waals surface area contributed by atoms with Gasteiger partial charge >= 0.3 is 0 Å². The lowest BCUT2D eigenvalue weighted by Gasteiger charge is -2.36. The van der Waals surface area contributed by atoms with Crippen LogP contribution in [0.4, 0.5) is 0 Å². The van der Waals surface area contributed by atoms with E-state index in [-0.39, 0.29) is 17.2 Å². The van der Waals surface area contributed by atoms with Crippen LogP contribution in [0.3, 0.4) is 0 Å². The topological polar surface area (TPSA) is 68.5 Å². The molecule has 0 radical (unpaired) electrons. The van der Waals surface area contributed by atoms with Gasteiger partial charge in [0.2, 0.25) is 11.8 Å². The molecule has 3 heterocycles. The summed E-state index contributed by atoms with van der Waals surface area (Å²) >= 11 is 0. The Balaban J connectivity index is 1.77. The van der Waals surface area contributed by atoms with Crippen molar-refractivity contribution < 1.29 is 14.1 Å². The second-order valence-corrected chi connectivity index (χ2v) is 7.41. The fourth-order valence-electron chi connectivity index (χ4n) is 3.81. The Morgan fingerprint density at radius 3 is 2.74 bits per heavy atom. The van der Waals surface area contributed by atoms with Gasteiger partial charge in [0.1, 0.15) is 0 Å². The molecule has 0 bridgehead atoms. The first-order chi connectivity index (χ1) is 11.0. The molecule has 1 aromatic rings. The Labute approximate surface area is 137 Å². The fraction of sp³-hybridized carbons (Fsp3) is 0.824. The van der Waals surface area contributed by atoms with Gasteiger partial charge in [-0.1, -0.05) is 19.0 Å². The molecule has 1 spiro atoms. The average molecular weight is 321 g/mol. The third kappa shape index (κ3) is 3.42. The van der Waals surface area contributed by atoms with Gasteiger partial charge in [0, 0.05) is 38.1 Å². The van der Waals surface area contributed by atoms with Crippen molar-refractivity contribution >= 4 is 5.91 Å². The summed E-state index contributed by atoms with van der Waals surface area (Å²) in [5.41, 5.74) is 0.0325. The summed E-state index contributed by atoms with van der Waals surface area (Å²) < 4.78 is 11.0. The SMILES string of the molecule is Cc1noc([C@H]2CN(C(=O)CCC(C)C)CC23CCOCC3)n1. The molecule has 128 valence electrons. The minimum absolute atomic E-state index is 0.0325. The number of amides is 1. The first-order valence-electron chi connectivity index (χ1n) is 8.66. The highest BCUT2D eigenvalue weighted by Crippen LogP contribution is 2.49. The summed E-state index contributed by atoms with van der Waals surface area (Å²) in [5, 5.41) is 3.95. The molecular formula is C17H27N3O3. The number of nitrogens with zero attached hydrogens (tertiary/aromatic N) is 3. The Morgan fingerprint density at radius 1 is 1.39 bits per heavy atom. The first kappa shape index (κ1) is 16.4. The summed E-state index contributed by atoms with van der Waals surface area (Å²) in [6.07, 6.45) is 3.47. The summed E-state index contributed by atoms with van der Waals surface area (Å²) in [6, 6.07) is 0. The van der Waals surface area contributed by atoms with Crippen molar-refractivity contribution in [3.8, 4) is 0 Å². The molecule has 2 aliphatic rings.